The molecule has 0 spiro atoms. The van der Waals surface area contributed by atoms with Gasteiger partial charge < -0.3 is 15.4 Å². The van der Waals surface area contributed by atoms with Gasteiger partial charge in [0.15, 0.2) is 6.10 Å². The van der Waals surface area contributed by atoms with Gasteiger partial charge in [0.25, 0.3) is 5.91 Å². The number of rotatable bonds is 6. The fraction of sp³-hybridized carbons (Fsp3) is 0.467. The molecule has 22 heavy (non-hydrogen) atoms. The predicted octanol–water partition coefficient (Wildman–Crippen LogP) is 0.948. The molecule has 2 N–H and O–H groups in total. The van der Waals surface area contributed by atoms with Crippen molar-refractivity contribution in [2.75, 3.05) is 31.1 Å². The first-order valence-corrected chi connectivity index (χ1v) is 7.18. The van der Waals surface area contributed by atoms with Crippen LogP contribution in [-0.4, -0.2) is 44.1 Å². The van der Waals surface area contributed by atoms with Crippen molar-refractivity contribution in [3.05, 3.63) is 24.3 Å². The van der Waals surface area contributed by atoms with E-state index in [0.29, 0.717) is 24.5 Å². The van der Waals surface area contributed by atoms with Crippen LogP contribution in [0.25, 0.3) is 0 Å². The SMILES string of the molecule is CCNCCNC(=O)CN1C(=O)C(C)Oc2ccccc21.Cl. The maximum Gasteiger partial charge on any atom is 0.268 e. The van der Waals surface area contributed by atoms with Gasteiger partial charge in [0.05, 0.1) is 5.69 Å². The molecular formula is C15H22ClN3O3. The molecule has 0 saturated carbocycles. The highest BCUT2D eigenvalue weighted by Crippen LogP contribution is 2.33. The molecule has 1 aliphatic rings. The molecule has 2 rings (SSSR count). The topological polar surface area (TPSA) is 70.7 Å². The van der Waals surface area contributed by atoms with Crippen LogP contribution in [-0.2, 0) is 9.59 Å². The number of carbonyl (C=O) groups excluding carboxylic acids is 2. The Bertz CT molecular complexity index is 525. The molecule has 0 radical (unpaired) electrons. The predicted molar refractivity (Wildman–Crippen MR) is 87.7 cm³/mol. The van der Waals surface area contributed by atoms with E-state index in [1.54, 1.807) is 19.1 Å². The van der Waals surface area contributed by atoms with Crippen LogP contribution in [0.5, 0.6) is 5.75 Å². The minimum Gasteiger partial charge on any atom is -0.479 e. The van der Waals surface area contributed by atoms with Crippen molar-refractivity contribution in [3.63, 3.8) is 0 Å². The van der Waals surface area contributed by atoms with Gasteiger partial charge in [-0.1, -0.05) is 19.1 Å². The minimum atomic E-state index is -0.575. The lowest BCUT2D eigenvalue weighted by molar-refractivity contribution is -0.128. The second kappa shape index (κ2) is 8.60. The van der Waals surface area contributed by atoms with Crippen LogP contribution in [0.2, 0.25) is 0 Å². The van der Waals surface area contributed by atoms with E-state index in [1.807, 2.05) is 19.1 Å². The van der Waals surface area contributed by atoms with Crippen molar-refractivity contribution >= 4 is 29.9 Å². The quantitative estimate of drug-likeness (QED) is 0.763. The van der Waals surface area contributed by atoms with Gasteiger partial charge in [-0.15, -0.1) is 12.4 Å². The Morgan fingerprint density at radius 1 is 1.32 bits per heavy atom. The van der Waals surface area contributed by atoms with Crippen molar-refractivity contribution in [2.24, 2.45) is 0 Å². The van der Waals surface area contributed by atoms with Gasteiger partial charge >= 0.3 is 0 Å². The summed E-state index contributed by atoms with van der Waals surface area (Å²) in [5.74, 6) is 0.255. The summed E-state index contributed by atoms with van der Waals surface area (Å²) < 4.78 is 5.54. The van der Waals surface area contributed by atoms with Crippen molar-refractivity contribution in [1.29, 1.82) is 0 Å². The highest BCUT2D eigenvalue weighted by molar-refractivity contribution is 6.03. The Labute approximate surface area is 136 Å². The molecule has 1 atom stereocenters. The number of amides is 2. The molecule has 1 aromatic carbocycles. The molecule has 0 aliphatic carbocycles. The number of halogens is 1. The van der Waals surface area contributed by atoms with Gasteiger partial charge in [-0.05, 0) is 25.6 Å². The summed E-state index contributed by atoms with van der Waals surface area (Å²) in [6, 6.07) is 7.25. The number of nitrogens with one attached hydrogen (secondary N) is 2. The summed E-state index contributed by atoms with van der Waals surface area (Å²) in [6.07, 6.45) is -0.575. The van der Waals surface area contributed by atoms with Gasteiger partial charge in [-0.25, -0.2) is 0 Å². The molecule has 2 amide bonds. The Morgan fingerprint density at radius 3 is 2.77 bits per heavy atom. The van der Waals surface area contributed by atoms with Crippen LogP contribution in [0.4, 0.5) is 5.69 Å². The average molecular weight is 328 g/mol. The van der Waals surface area contributed by atoms with E-state index in [0.717, 1.165) is 6.54 Å². The molecule has 1 heterocycles. The highest BCUT2D eigenvalue weighted by Gasteiger charge is 2.32. The third kappa shape index (κ3) is 4.35. The monoisotopic (exact) mass is 327 g/mol. The molecule has 0 bridgehead atoms. The van der Waals surface area contributed by atoms with E-state index in [9.17, 15) is 9.59 Å². The van der Waals surface area contributed by atoms with Crippen molar-refractivity contribution in [2.45, 2.75) is 20.0 Å². The zero-order valence-corrected chi connectivity index (χ0v) is 13.6. The van der Waals surface area contributed by atoms with E-state index >= 15 is 0 Å². The number of ether oxygens (including phenoxy) is 1. The van der Waals surface area contributed by atoms with Crippen LogP contribution in [0.15, 0.2) is 24.3 Å². The number of likely N-dealkylation sites (N-methyl/N-ethyl adjacent to an activating group) is 1. The Kier molecular flexibility index (Phi) is 7.14. The molecule has 0 saturated heterocycles. The van der Waals surface area contributed by atoms with Gasteiger partial charge in [-0.3, -0.25) is 14.5 Å². The summed E-state index contributed by atoms with van der Waals surface area (Å²) in [5.41, 5.74) is 0.641. The number of hydrogen-bond donors (Lipinski definition) is 2. The summed E-state index contributed by atoms with van der Waals surface area (Å²) in [4.78, 5) is 25.6. The van der Waals surface area contributed by atoms with E-state index in [-0.39, 0.29) is 30.8 Å². The zero-order valence-electron chi connectivity index (χ0n) is 12.8. The molecule has 1 aromatic rings. The lowest BCUT2D eigenvalue weighted by Gasteiger charge is -2.32. The third-order valence-corrected chi connectivity index (χ3v) is 3.25. The van der Waals surface area contributed by atoms with Crippen LogP contribution in [0.1, 0.15) is 13.8 Å². The van der Waals surface area contributed by atoms with Crippen molar-refractivity contribution < 1.29 is 14.3 Å². The number of nitrogens with zero attached hydrogens (tertiary/aromatic N) is 1. The lowest BCUT2D eigenvalue weighted by Crippen LogP contribution is -2.49. The van der Waals surface area contributed by atoms with Gasteiger partial charge in [-0.2, -0.15) is 0 Å². The molecule has 1 aliphatic heterocycles. The van der Waals surface area contributed by atoms with Crippen molar-refractivity contribution in [1.82, 2.24) is 10.6 Å². The summed E-state index contributed by atoms with van der Waals surface area (Å²) in [6.45, 7) is 5.83. The third-order valence-electron chi connectivity index (χ3n) is 3.25. The normalized spacial score (nSPS) is 16.4. The fourth-order valence-corrected chi connectivity index (χ4v) is 2.19. The lowest BCUT2D eigenvalue weighted by atomic mass is 10.2. The number of para-hydroxylation sites is 2. The molecule has 122 valence electrons. The van der Waals surface area contributed by atoms with Gasteiger partial charge in [0.2, 0.25) is 5.91 Å². The van der Waals surface area contributed by atoms with E-state index in [4.69, 9.17) is 4.74 Å². The van der Waals surface area contributed by atoms with Crippen LogP contribution in [0, 0.1) is 0 Å². The number of anilines is 1. The molecule has 1 unspecified atom stereocenters. The smallest absolute Gasteiger partial charge is 0.268 e. The largest absolute Gasteiger partial charge is 0.479 e. The second-order valence-corrected chi connectivity index (χ2v) is 4.86. The van der Waals surface area contributed by atoms with Gasteiger partial charge in [0.1, 0.15) is 12.3 Å². The first-order chi connectivity index (χ1) is 10.1. The second-order valence-electron chi connectivity index (χ2n) is 4.86. The highest BCUT2D eigenvalue weighted by atomic mass is 35.5. The van der Waals surface area contributed by atoms with Gasteiger partial charge in [0, 0.05) is 13.1 Å². The number of benzene rings is 1. The standard InChI is InChI=1S/C15H21N3O3.ClH/c1-3-16-8-9-17-14(19)10-18-12-6-4-5-7-13(12)21-11(2)15(18)20;/h4-7,11,16H,3,8-10H2,1-2H3,(H,17,19);1H. The number of hydrogen-bond acceptors (Lipinski definition) is 4. The molecule has 0 fully saturated rings. The zero-order chi connectivity index (χ0) is 15.2. The van der Waals surface area contributed by atoms with Crippen molar-refractivity contribution in [3.8, 4) is 5.75 Å². The van der Waals surface area contributed by atoms with E-state index in [1.165, 1.54) is 4.90 Å². The summed E-state index contributed by atoms with van der Waals surface area (Å²) >= 11 is 0. The number of fused-ring (bicyclic) bond motifs is 1. The molecule has 0 aromatic heterocycles. The van der Waals surface area contributed by atoms with Crippen LogP contribution in [0.3, 0.4) is 0 Å². The maximum absolute atomic E-state index is 12.2. The van der Waals surface area contributed by atoms with Crippen LogP contribution >= 0.6 is 12.4 Å². The molecule has 7 heteroatoms. The first-order valence-electron chi connectivity index (χ1n) is 7.18. The fourth-order valence-electron chi connectivity index (χ4n) is 2.19. The summed E-state index contributed by atoms with van der Waals surface area (Å²) in [7, 11) is 0. The summed E-state index contributed by atoms with van der Waals surface area (Å²) in [5, 5.41) is 5.92. The minimum absolute atomic E-state index is 0. The average Bonchev–Trinajstić information content (AvgIpc) is 2.48. The Hall–Kier alpha value is -1.79. The Morgan fingerprint density at radius 2 is 2.05 bits per heavy atom. The van der Waals surface area contributed by atoms with E-state index < -0.39 is 6.10 Å². The number of carbonyl (C=O) groups is 2. The first kappa shape index (κ1) is 18.3. The maximum atomic E-state index is 12.2. The Balaban J connectivity index is 0.00000242. The molecule has 6 nitrogen and oxygen atoms in total. The van der Waals surface area contributed by atoms with Crippen LogP contribution < -0.4 is 20.3 Å². The van der Waals surface area contributed by atoms with E-state index in [2.05, 4.69) is 10.6 Å². The molecular weight excluding hydrogens is 306 g/mol.